The van der Waals surface area contributed by atoms with Gasteiger partial charge in [0, 0.05) is 12.6 Å². The van der Waals surface area contributed by atoms with E-state index in [1.807, 2.05) is 0 Å². The Balaban J connectivity index is 0.00000261. The second-order valence-electron chi connectivity index (χ2n) is 5.89. The second kappa shape index (κ2) is 8.01. The van der Waals surface area contributed by atoms with Crippen molar-refractivity contribution in [2.75, 3.05) is 23.1 Å². The van der Waals surface area contributed by atoms with Gasteiger partial charge in [-0.1, -0.05) is 0 Å². The molecule has 2 aromatic rings. The Morgan fingerprint density at radius 2 is 1.96 bits per heavy atom. The van der Waals surface area contributed by atoms with E-state index in [9.17, 15) is 17.6 Å². The number of anilines is 2. The molecule has 0 fully saturated rings. The minimum absolute atomic E-state index is 0. The maximum absolute atomic E-state index is 13.2. The summed E-state index contributed by atoms with van der Waals surface area (Å²) in [7, 11) is -3.96. The number of hydrogen-bond donors (Lipinski definition) is 2. The van der Waals surface area contributed by atoms with E-state index in [-0.39, 0.29) is 36.3 Å². The zero-order valence-electron chi connectivity index (χ0n) is 14.4. The fraction of sp³-hybridized carbons (Fsp3) is 0.235. The van der Waals surface area contributed by atoms with E-state index in [1.165, 1.54) is 29.4 Å². The Labute approximate surface area is 162 Å². The number of carbonyl (C=O) groups is 1. The maximum Gasteiger partial charge on any atom is 0.264 e. The molecule has 1 aliphatic heterocycles. The third-order valence-electron chi connectivity index (χ3n) is 3.90. The van der Waals surface area contributed by atoms with Gasteiger partial charge in [-0.25, -0.2) is 12.8 Å². The molecule has 146 valence electrons. The number of nitrogens with one attached hydrogen (secondary N) is 1. The lowest BCUT2D eigenvalue weighted by Crippen LogP contribution is -2.48. The van der Waals surface area contributed by atoms with E-state index in [0.29, 0.717) is 17.1 Å². The highest BCUT2D eigenvalue weighted by Gasteiger charge is 2.34. The molecule has 1 heterocycles. The first kappa shape index (κ1) is 20.8. The summed E-state index contributed by atoms with van der Waals surface area (Å²) in [6.07, 6.45) is -0.578. The number of nitrogens with two attached hydrogens (primary N) is 1. The van der Waals surface area contributed by atoms with Gasteiger partial charge in [-0.3, -0.25) is 9.10 Å². The number of carbonyl (C=O) groups excluding carboxylic acids is 1. The summed E-state index contributed by atoms with van der Waals surface area (Å²) in [5, 5.41) is 2.62. The van der Waals surface area contributed by atoms with Gasteiger partial charge in [-0.05, 0) is 42.5 Å². The first-order valence-corrected chi connectivity index (χ1v) is 9.30. The van der Waals surface area contributed by atoms with E-state index < -0.39 is 21.9 Å². The molecule has 0 radical (unpaired) electrons. The summed E-state index contributed by atoms with van der Waals surface area (Å²) in [6, 6.07) is 9.26. The number of hydrogen-bond acceptors (Lipinski definition) is 5. The Morgan fingerprint density at radius 3 is 2.59 bits per heavy atom. The largest absolute Gasteiger partial charge is 0.484 e. The van der Waals surface area contributed by atoms with Crippen molar-refractivity contribution >= 4 is 39.7 Å². The van der Waals surface area contributed by atoms with Crippen LogP contribution in [0.15, 0.2) is 47.4 Å². The van der Waals surface area contributed by atoms with Crippen LogP contribution in [0.5, 0.6) is 5.75 Å². The van der Waals surface area contributed by atoms with Crippen molar-refractivity contribution in [2.45, 2.75) is 17.9 Å². The number of benzene rings is 2. The molecule has 10 heteroatoms. The molecule has 1 atom stereocenters. The molecule has 27 heavy (non-hydrogen) atoms. The van der Waals surface area contributed by atoms with Crippen LogP contribution in [0.3, 0.4) is 0 Å². The van der Waals surface area contributed by atoms with Gasteiger partial charge < -0.3 is 15.8 Å². The number of nitrogens with zero attached hydrogens (tertiary/aromatic N) is 1. The minimum Gasteiger partial charge on any atom is -0.484 e. The van der Waals surface area contributed by atoms with E-state index >= 15 is 0 Å². The topological polar surface area (TPSA) is 102 Å². The van der Waals surface area contributed by atoms with E-state index in [4.69, 9.17) is 10.5 Å². The highest BCUT2D eigenvalue weighted by molar-refractivity contribution is 7.92. The smallest absolute Gasteiger partial charge is 0.264 e. The first-order valence-electron chi connectivity index (χ1n) is 7.86. The number of sulfonamides is 1. The van der Waals surface area contributed by atoms with Gasteiger partial charge in [0.2, 0.25) is 5.91 Å². The molecule has 0 spiro atoms. The van der Waals surface area contributed by atoms with Crippen LogP contribution < -0.4 is 20.1 Å². The van der Waals surface area contributed by atoms with Crippen molar-refractivity contribution < 1.29 is 22.3 Å². The normalized spacial score (nSPS) is 15.9. The molecule has 0 aromatic heterocycles. The lowest BCUT2D eigenvalue weighted by atomic mass is 10.2. The van der Waals surface area contributed by atoms with Crippen LogP contribution in [0.1, 0.15) is 6.92 Å². The predicted octanol–water partition coefficient (Wildman–Crippen LogP) is 1.92. The van der Waals surface area contributed by atoms with Crippen molar-refractivity contribution in [3.05, 3.63) is 48.3 Å². The first-order chi connectivity index (χ1) is 12.3. The van der Waals surface area contributed by atoms with Crippen molar-refractivity contribution in [3.8, 4) is 5.75 Å². The molecule has 0 aliphatic carbocycles. The zero-order chi connectivity index (χ0) is 18.9. The number of nitrogen functional groups attached to an aromatic ring is 1. The van der Waals surface area contributed by atoms with Gasteiger partial charge in [0.1, 0.15) is 17.7 Å². The van der Waals surface area contributed by atoms with Crippen LogP contribution in [0.25, 0.3) is 0 Å². The average molecular weight is 416 g/mol. The molecule has 7 nitrogen and oxygen atoms in total. The average Bonchev–Trinajstić information content (AvgIpc) is 2.59. The monoisotopic (exact) mass is 415 g/mol. The predicted molar refractivity (Wildman–Crippen MR) is 102 cm³/mol. The van der Waals surface area contributed by atoms with Crippen molar-refractivity contribution in [2.24, 2.45) is 0 Å². The van der Waals surface area contributed by atoms with Gasteiger partial charge in [0.25, 0.3) is 10.0 Å². The molecule has 0 bridgehead atoms. The van der Waals surface area contributed by atoms with E-state index in [0.717, 1.165) is 12.1 Å². The lowest BCUT2D eigenvalue weighted by molar-refractivity contribution is -0.119. The number of fused-ring (bicyclic) bond motifs is 1. The molecular formula is C17H19ClFN3O4S. The summed E-state index contributed by atoms with van der Waals surface area (Å²) >= 11 is 0. The van der Waals surface area contributed by atoms with Gasteiger partial charge in [-0.15, -0.1) is 12.4 Å². The highest BCUT2D eigenvalue weighted by Crippen LogP contribution is 2.38. The van der Waals surface area contributed by atoms with Crippen LogP contribution in [-0.2, 0) is 14.8 Å². The Morgan fingerprint density at radius 1 is 1.30 bits per heavy atom. The Hall–Kier alpha value is -2.52. The van der Waals surface area contributed by atoms with Gasteiger partial charge >= 0.3 is 0 Å². The quantitative estimate of drug-likeness (QED) is 0.743. The van der Waals surface area contributed by atoms with Gasteiger partial charge in [0.15, 0.2) is 0 Å². The Kier molecular flexibility index (Phi) is 6.17. The number of halogens is 2. The number of amides is 1. The maximum atomic E-state index is 13.2. The molecule has 0 saturated carbocycles. The third-order valence-corrected chi connectivity index (χ3v) is 5.69. The van der Waals surface area contributed by atoms with Crippen molar-refractivity contribution in [3.63, 3.8) is 0 Å². The van der Waals surface area contributed by atoms with Crippen LogP contribution in [0.4, 0.5) is 15.8 Å². The molecule has 3 N–H and O–H groups in total. The van der Waals surface area contributed by atoms with Crippen LogP contribution in [0.2, 0.25) is 0 Å². The van der Waals surface area contributed by atoms with Crippen LogP contribution >= 0.6 is 12.4 Å². The summed E-state index contributed by atoms with van der Waals surface area (Å²) in [5.74, 6) is -0.435. The Bertz CT molecular complexity index is 938. The zero-order valence-corrected chi connectivity index (χ0v) is 16.0. The van der Waals surface area contributed by atoms with E-state index in [1.54, 1.807) is 12.1 Å². The molecule has 3 rings (SSSR count). The van der Waals surface area contributed by atoms with Gasteiger partial charge in [0.05, 0.1) is 23.7 Å². The molecule has 0 saturated heterocycles. The molecule has 1 amide bonds. The molecule has 2 aromatic carbocycles. The summed E-state index contributed by atoms with van der Waals surface area (Å²) in [5.41, 5.74) is 6.48. The molecule has 0 unspecified atom stereocenters. The summed E-state index contributed by atoms with van der Waals surface area (Å²) in [4.78, 5) is 11.1. The minimum atomic E-state index is -3.96. The van der Waals surface area contributed by atoms with Gasteiger partial charge in [-0.2, -0.15) is 0 Å². The SMILES string of the molecule is CC(=O)NC[C@H]1CN(S(=O)(=O)c2ccc(F)cc2)c2cc(N)ccc2O1.Cl. The summed E-state index contributed by atoms with van der Waals surface area (Å²) in [6.45, 7) is 1.50. The van der Waals surface area contributed by atoms with Crippen LogP contribution in [-0.4, -0.2) is 33.5 Å². The fourth-order valence-corrected chi connectivity index (χ4v) is 4.15. The highest BCUT2D eigenvalue weighted by atomic mass is 35.5. The third kappa shape index (κ3) is 4.42. The number of ether oxygens (including phenoxy) is 1. The molecular weight excluding hydrogens is 397 g/mol. The second-order valence-corrected chi connectivity index (χ2v) is 7.76. The lowest BCUT2D eigenvalue weighted by Gasteiger charge is -2.35. The fourth-order valence-electron chi connectivity index (χ4n) is 2.65. The van der Waals surface area contributed by atoms with Crippen LogP contribution in [0, 0.1) is 5.82 Å². The van der Waals surface area contributed by atoms with Crippen molar-refractivity contribution in [1.82, 2.24) is 5.32 Å². The van der Waals surface area contributed by atoms with Crippen molar-refractivity contribution in [1.29, 1.82) is 0 Å². The standard InChI is InChI=1S/C17H18FN3O4S.ClH/c1-11(22)20-9-14-10-21(16-8-13(19)4-7-17(16)25-14)26(23,24)15-5-2-12(18)3-6-15;/h2-8,14H,9-10,19H2,1H3,(H,20,22);1H/t14-;/m0./s1. The molecule has 1 aliphatic rings. The summed E-state index contributed by atoms with van der Waals surface area (Å²) < 4.78 is 46.3. The van der Waals surface area contributed by atoms with E-state index in [2.05, 4.69) is 5.32 Å². The number of rotatable bonds is 4.